The van der Waals surface area contributed by atoms with Crippen LogP contribution in [0.25, 0.3) is 0 Å². The van der Waals surface area contributed by atoms with Gasteiger partial charge in [0.1, 0.15) is 5.54 Å². The summed E-state index contributed by atoms with van der Waals surface area (Å²) in [6.07, 6.45) is 1.10. The standard InChI is InChI=1S/C17H17N3O3S/c1-17(10-9-12-6-3-2-4-7-12)15(22)20(16(23)18-17)19-14(21)13-8-5-11-24-13/h2-8,11H,9-10H2,1H3,(H,18,23)(H,19,21)/t17-/m1/s1. The number of hydrogen-bond acceptors (Lipinski definition) is 4. The minimum absolute atomic E-state index is 0.438. The Morgan fingerprint density at radius 3 is 2.62 bits per heavy atom. The monoisotopic (exact) mass is 343 g/mol. The fourth-order valence-corrected chi connectivity index (χ4v) is 3.17. The van der Waals surface area contributed by atoms with Gasteiger partial charge >= 0.3 is 6.03 Å². The lowest BCUT2D eigenvalue weighted by Gasteiger charge is -2.21. The second kappa shape index (κ2) is 6.45. The van der Waals surface area contributed by atoms with Crippen molar-refractivity contribution in [3.63, 3.8) is 0 Å². The van der Waals surface area contributed by atoms with Gasteiger partial charge in [-0.3, -0.25) is 15.0 Å². The normalized spacial score (nSPS) is 20.1. The molecular formula is C17H17N3O3S. The van der Waals surface area contributed by atoms with E-state index in [1.165, 1.54) is 11.3 Å². The van der Waals surface area contributed by atoms with E-state index in [9.17, 15) is 14.4 Å². The topological polar surface area (TPSA) is 78.5 Å². The Bertz CT molecular complexity index is 761. The van der Waals surface area contributed by atoms with Gasteiger partial charge in [-0.25, -0.2) is 4.79 Å². The highest BCUT2D eigenvalue weighted by atomic mass is 32.1. The van der Waals surface area contributed by atoms with Gasteiger partial charge in [-0.1, -0.05) is 36.4 Å². The van der Waals surface area contributed by atoms with E-state index in [0.717, 1.165) is 10.6 Å². The number of thiophene rings is 1. The number of aryl methyl sites for hydroxylation is 1. The molecule has 0 saturated carbocycles. The summed E-state index contributed by atoms with van der Waals surface area (Å²) in [5.74, 6) is -0.922. The lowest BCUT2D eigenvalue weighted by molar-refractivity contribution is -0.132. The van der Waals surface area contributed by atoms with Gasteiger partial charge in [-0.05, 0) is 36.8 Å². The number of hydrogen-bond donors (Lipinski definition) is 2. The SMILES string of the molecule is C[C@]1(CCc2ccccc2)NC(=O)N(NC(=O)c2cccs2)C1=O. The first kappa shape index (κ1) is 16.2. The molecule has 2 N–H and O–H groups in total. The Morgan fingerprint density at radius 2 is 1.96 bits per heavy atom. The number of carbonyl (C=O) groups is 3. The number of nitrogens with zero attached hydrogens (tertiary/aromatic N) is 1. The zero-order valence-corrected chi connectivity index (χ0v) is 13.9. The minimum Gasteiger partial charge on any atom is -0.322 e. The van der Waals surface area contributed by atoms with Crippen molar-refractivity contribution < 1.29 is 14.4 Å². The predicted octanol–water partition coefficient (Wildman–Crippen LogP) is 2.34. The van der Waals surface area contributed by atoms with Crippen LogP contribution in [0.5, 0.6) is 0 Å². The van der Waals surface area contributed by atoms with Gasteiger partial charge < -0.3 is 5.32 Å². The van der Waals surface area contributed by atoms with Crippen molar-refractivity contribution in [3.8, 4) is 0 Å². The zero-order chi connectivity index (χ0) is 17.2. The van der Waals surface area contributed by atoms with E-state index in [1.54, 1.807) is 24.4 Å². The highest BCUT2D eigenvalue weighted by Gasteiger charge is 2.48. The van der Waals surface area contributed by atoms with Crippen LogP contribution in [0.1, 0.15) is 28.6 Å². The summed E-state index contributed by atoms with van der Waals surface area (Å²) >= 11 is 1.24. The molecule has 6 nitrogen and oxygen atoms in total. The number of nitrogens with one attached hydrogen (secondary N) is 2. The van der Waals surface area contributed by atoms with Crippen molar-refractivity contribution in [2.75, 3.05) is 0 Å². The molecule has 1 aromatic heterocycles. The zero-order valence-electron chi connectivity index (χ0n) is 13.1. The average Bonchev–Trinajstić information content (AvgIpc) is 3.18. The third-order valence-corrected chi connectivity index (χ3v) is 4.84. The van der Waals surface area contributed by atoms with Crippen molar-refractivity contribution in [2.24, 2.45) is 0 Å². The molecule has 1 saturated heterocycles. The van der Waals surface area contributed by atoms with E-state index in [4.69, 9.17) is 0 Å². The molecule has 1 aromatic carbocycles. The van der Waals surface area contributed by atoms with E-state index in [2.05, 4.69) is 10.7 Å². The molecule has 0 aliphatic carbocycles. The van der Waals surface area contributed by atoms with Gasteiger partial charge in [-0.2, -0.15) is 5.01 Å². The molecule has 1 aliphatic heterocycles. The van der Waals surface area contributed by atoms with Crippen LogP contribution in [0.4, 0.5) is 4.79 Å². The first-order chi connectivity index (χ1) is 11.5. The Hall–Kier alpha value is -2.67. The van der Waals surface area contributed by atoms with Crippen LogP contribution in [-0.4, -0.2) is 28.4 Å². The lowest BCUT2D eigenvalue weighted by Crippen LogP contribution is -2.48. The fraction of sp³-hybridized carbons (Fsp3) is 0.235. The van der Waals surface area contributed by atoms with E-state index in [-0.39, 0.29) is 0 Å². The maximum absolute atomic E-state index is 12.6. The van der Waals surface area contributed by atoms with E-state index in [1.807, 2.05) is 30.3 Å². The van der Waals surface area contributed by atoms with Crippen LogP contribution in [-0.2, 0) is 11.2 Å². The number of imide groups is 1. The van der Waals surface area contributed by atoms with E-state index < -0.39 is 23.4 Å². The summed E-state index contributed by atoms with van der Waals surface area (Å²) in [4.78, 5) is 37.2. The number of carbonyl (C=O) groups excluding carboxylic acids is 3. The highest BCUT2D eigenvalue weighted by Crippen LogP contribution is 2.22. The maximum atomic E-state index is 12.6. The quantitative estimate of drug-likeness (QED) is 0.818. The third-order valence-electron chi connectivity index (χ3n) is 3.98. The van der Waals surface area contributed by atoms with Crippen molar-refractivity contribution in [2.45, 2.75) is 25.3 Å². The first-order valence-electron chi connectivity index (χ1n) is 7.55. The molecule has 24 heavy (non-hydrogen) atoms. The molecule has 3 rings (SSSR count). The molecule has 0 bridgehead atoms. The highest BCUT2D eigenvalue weighted by molar-refractivity contribution is 7.12. The Morgan fingerprint density at radius 1 is 1.21 bits per heavy atom. The molecule has 0 unspecified atom stereocenters. The molecule has 1 atom stereocenters. The Labute approximate surface area is 143 Å². The molecule has 1 aliphatic rings. The molecule has 0 spiro atoms. The summed E-state index contributed by atoms with van der Waals surface area (Å²) in [5.41, 5.74) is 2.43. The van der Waals surface area contributed by atoms with E-state index in [0.29, 0.717) is 17.7 Å². The molecule has 1 fully saturated rings. The number of hydrazine groups is 1. The molecule has 4 amide bonds. The van der Waals surface area contributed by atoms with Crippen LogP contribution in [0.2, 0.25) is 0 Å². The van der Waals surface area contributed by atoms with Gasteiger partial charge in [0.25, 0.3) is 11.8 Å². The van der Waals surface area contributed by atoms with Crippen LogP contribution < -0.4 is 10.7 Å². The smallest absolute Gasteiger partial charge is 0.322 e. The van der Waals surface area contributed by atoms with Crippen LogP contribution >= 0.6 is 11.3 Å². The molecule has 2 aromatic rings. The third kappa shape index (κ3) is 3.16. The van der Waals surface area contributed by atoms with Gasteiger partial charge in [-0.15, -0.1) is 11.3 Å². The molecule has 2 heterocycles. The van der Waals surface area contributed by atoms with Crippen molar-refractivity contribution >= 4 is 29.2 Å². The number of benzene rings is 1. The number of rotatable bonds is 5. The summed E-state index contributed by atoms with van der Waals surface area (Å²) in [6, 6.07) is 12.5. The molecular weight excluding hydrogens is 326 g/mol. The summed E-state index contributed by atoms with van der Waals surface area (Å²) < 4.78 is 0. The van der Waals surface area contributed by atoms with Crippen LogP contribution in [0, 0.1) is 0 Å². The van der Waals surface area contributed by atoms with Crippen LogP contribution in [0.15, 0.2) is 47.8 Å². The predicted molar refractivity (Wildman–Crippen MR) is 90.3 cm³/mol. The van der Waals surface area contributed by atoms with E-state index >= 15 is 0 Å². The summed E-state index contributed by atoms with van der Waals surface area (Å²) in [6.45, 7) is 1.67. The van der Waals surface area contributed by atoms with Gasteiger partial charge in [0.2, 0.25) is 0 Å². The number of urea groups is 1. The first-order valence-corrected chi connectivity index (χ1v) is 8.43. The Kier molecular flexibility index (Phi) is 4.35. The van der Waals surface area contributed by atoms with Gasteiger partial charge in [0.05, 0.1) is 4.88 Å². The molecule has 124 valence electrons. The fourth-order valence-electron chi connectivity index (χ4n) is 2.56. The maximum Gasteiger partial charge on any atom is 0.344 e. The summed E-state index contributed by atoms with van der Waals surface area (Å²) in [7, 11) is 0. The van der Waals surface area contributed by atoms with Crippen LogP contribution in [0.3, 0.4) is 0 Å². The second-order valence-corrected chi connectivity index (χ2v) is 6.75. The largest absolute Gasteiger partial charge is 0.344 e. The van der Waals surface area contributed by atoms with Crippen molar-refractivity contribution in [1.82, 2.24) is 15.8 Å². The molecule has 7 heteroatoms. The lowest BCUT2D eigenvalue weighted by atomic mass is 9.93. The van der Waals surface area contributed by atoms with Gasteiger partial charge in [0, 0.05) is 0 Å². The summed E-state index contributed by atoms with van der Waals surface area (Å²) in [5, 5.41) is 5.20. The minimum atomic E-state index is -1.03. The van der Waals surface area contributed by atoms with Gasteiger partial charge in [0.15, 0.2) is 0 Å². The Balaban J connectivity index is 1.67. The molecule has 0 radical (unpaired) electrons. The second-order valence-electron chi connectivity index (χ2n) is 5.81. The van der Waals surface area contributed by atoms with Crippen molar-refractivity contribution in [3.05, 3.63) is 58.3 Å². The number of amides is 4. The average molecular weight is 343 g/mol. The van der Waals surface area contributed by atoms with Crippen molar-refractivity contribution in [1.29, 1.82) is 0 Å².